The van der Waals surface area contributed by atoms with Crippen molar-refractivity contribution in [2.45, 2.75) is 46.9 Å². The number of nitrogens with zero attached hydrogens (tertiary/aromatic N) is 2. The van der Waals surface area contributed by atoms with Crippen LogP contribution in [0.25, 0.3) is 33.3 Å². The standard InChI is InChI=1S/C24H26N2O/c1-15(2)20-10-9-18-17-7-6-8-19(22(17)27-23(18)26-20)21-13-16(11-12-25-21)14-24(3,4)5/h6-13,15H,14H2,1-5H3/i14D2,15D. The molecule has 0 bridgehead atoms. The van der Waals surface area contributed by atoms with Gasteiger partial charge >= 0.3 is 0 Å². The Morgan fingerprint density at radius 2 is 1.93 bits per heavy atom. The number of furan rings is 1. The number of para-hydroxylation sites is 1. The molecule has 0 N–H and O–H groups in total. The first-order valence-electron chi connectivity index (χ1n) is 10.7. The van der Waals surface area contributed by atoms with Gasteiger partial charge in [-0.1, -0.05) is 46.8 Å². The largest absolute Gasteiger partial charge is 0.437 e. The summed E-state index contributed by atoms with van der Waals surface area (Å²) >= 11 is 0. The summed E-state index contributed by atoms with van der Waals surface area (Å²) in [6.07, 6.45) is 0.136. The van der Waals surface area contributed by atoms with Crippen molar-refractivity contribution in [1.82, 2.24) is 9.97 Å². The third-order valence-electron chi connectivity index (χ3n) is 4.43. The Labute approximate surface area is 164 Å². The van der Waals surface area contributed by atoms with E-state index in [4.69, 9.17) is 8.53 Å². The Kier molecular flexibility index (Phi) is 3.46. The summed E-state index contributed by atoms with van der Waals surface area (Å²) in [4.78, 5) is 9.08. The van der Waals surface area contributed by atoms with Gasteiger partial charge in [-0.05, 0) is 53.6 Å². The second-order valence-electron chi connectivity index (χ2n) is 8.14. The quantitative estimate of drug-likeness (QED) is 0.405. The summed E-state index contributed by atoms with van der Waals surface area (Å²) in [5.74, 6) is -0.815. The van der Waals surface area contributed by atoms with Gasteiger partial charge in [-0.25, -0.2) is 4.98 Å². The van der Waals surface area contributed by atoms with Crippen LogP contribution in [0.5, 0.6) is 0 Å². The zero-order valence-electron chi connectivity index (χ0n) is 19.4. The molecule has 0 spiro atoms. The lowest BCUT2D eigenvalue weighted by Crippen LogP contribution is -2.09. The van der Waals surface area contributed by atoms with Gasteiger partial charge in [0.05, 0.1) is 5.69 Å². The SMILES string of the molecule is [2H]C(C)(C)c1ccc2c(n1)oc1c(-c3cc(C([2H])([2H])C(C)(C)C)ccn3)cccc12. The maximum atomic E-state index is 8.60. The number of hydrogen-bond acceptors (Lipinski definition) is 3. The van der Waals surface area contributed by atoms with Crippen molar-refractivity contribution < 1.29 is 8.53 Å². The first kappa shape index (κ1) is 14.4. The second kappa shape index (κ2) is 6.49. The molecular formula is C24H26N2O. The molecule has 0 aliphatic heterocycles. The van der Waals surface area contributed by atoms with Crippen LogP contribution < -0.4 is 0 Å². The Bertz CT molecular complexity index is 1250. The summed E-state index contributed by atoms with van der Waals surface area (Å²) in [6.45, 7) is 9.28. The monoisotopic (exact) mass is 361 g/mol. The minimum absolute atomic E-state index is 0.497. The molecule has 0 saturated heterocycles. The van der Waals surface area contributed by atoms with E-state index >= 15 is 0 Å². The van der Waals surface area contributed by atoms with Crippen LogP contribution in [0.15, 0.2) is 53.1 Å². The fourth-order valence-electron chi connectivity index (χ4n) is 3.25. The van der Waals surface area contributed by atoms with Crippen LogP contribution in [0.4, 0.5) is 0 Å². The van der Waals surface area contributed by atoms with E-state index < -0.39 is 17.7 Å². The topological polar surface area (TPSA) is 38.9 Å². The lowest BCUT2D eigenvalue weighted by molar-refractivity contribution is 0.411. The fourth-order valence-corrected chi connectivity index (χ4v) is 3.25. The van der Waals surface area contributed by atoms with Gasteiger partial charge in [0, 0.05) is 32.3 Å². The van der Waals surface area contributed by atoms with Gasteiger partial charge in [0.25, 0.3) is 0 Å². The molecule has 0 aliphatic rings. The Morgan fingerprint density at radius 3 is 2.67 bits per heavy atom. The highest BCUT2D eigenvalue weighted by Crippen LogP contribution is 2.35. The summed E-state index contributed by atoms with van der Waals surface area (Å²) < 4.78 is 31.6. The molecule has 0 amide bonds. The molecule has 3 nitrogen and oxygen atoms in total. The van der Waals surface area contributed by atoms with Crippen molar-refractivity contribution in [2.24, 2.45) is 5.41 Å². The smallest absolute Gasteiger partial charge is 0.227 e. The molecule has 0 saturated carbocycles. The minimum atomic E-state index is -1.51. The highest BCUT2D eigenvalue weighted by atomic mass is 16.3. The van der Waals surface area contributed by atoms with Gasteiger partial charge in [0.15, 0.2) is 0 Å². The van der Waals surface area contributed by atoms with Crippen LogP contribution in [0.1, 0.15) is 55.9 Å². The summed E-state index contributed by atoms with van der Waals surface area (Å²) in [6, 6.07) is 13.2. The third kappa shape index (κ3) is 3.46. The molecule has 3 heteroatoms. The number of hydrogen-bond donors (Lipinski definition) is 0. The molecule has 1 aromatic carbocycles. The predicted molar refractivity (Wildman–Crippen MR) is 112 cm³/mol. The molecule has 138 valence electrons. The van der Waals surface area contributed by atoms with Gasteiger partial charge in [-0.3, -0.25) is 4.98 Å². The molecule has 0 unspecified atom stereocenters. The van der Waals surface area contributed by atoms with Crippen molar-refractivity contribution in [2.75, 3.05) is 0 Å². The van der Waals surface area contributed by atoms with Crippen molar-refractivity contribution in [3.05, 3.63) is 59.9 Å². The lowest BCUT2D eigenvalue weighted by Gasteiger charge is -2.18. The van der Waals surface area contributed by atoms with E-state index in [1.807, 2.05) is 51.1 Å². The Hall–Kier alpha value is -2.68. The fraction of sp³-hybridized carbons (Fsp3) is 0.333. The molecule has 3 heterocycles. The number of aromatic nitrogens is 2. The molecule has 0 fully saturated rings. The zero-order valence-corrected chi connectivity index (χ0v) is 16.4. The van der Waals surface area contributed by atoms with E-state index in [1.54, 1.807) is 32.2 Å². The Balaban J connectivity index is 1.91. The minimum Gasteiger partial charge on any atom is -0.437 e. The molecule has 0 atom stereocenters. The summed E-state index contributed by atoms with van der Waals surface area (Å²) in [5, 5.41) is 1.82. The van der Waals surface area contributed by atoms with Crippen LogP contribution in [0.3, 0.4) is 0 Å². The number of pyridine rings is 2. The van der Waals surface area contributed by atoms with Crippen LogP contribution >= 0.6 is 0 Å². The maximum absolute atomic E-state index is 8.60. The molecule has 3 aromatic heterocycles. The Morgan fingerprint density at radius 1 is 1.11 bits per heavy atom. The van der Waals surface area contributed by atoms with Gasteiger partial charge in [-0.2, -0.15) is 0 Å². The summed E-state index contributed by atoms with van der Waals surface area (Å²) in [7, 11) is 0. The normalized spacial score (nSPS) is 14.9. The van der Waals surface area contributed by atoms with E-state index in [9.17, 15) is 0 Å². The van der Waals surface area contributed by atoms with Crippen molar-refractivity contribution in [3.8, 4) is 11.3 Å². The van der Waals surface area contributed by atoms with Crippen LogP contribution in [-0.4, -0.2) is 9.97 Å². The third-order valence-corrected chi connectivity index (χ3v) is 4.43. The average Bonchev–Trinajstić information content (AvgIpc) is 3.04. The van der Waals surface area contributed by atoms with E-state index in [-0.39, 0.29) is 0 Å². The second-order valence-corrected chi connectivity index (χ2v) is 8.14. The van der Waals surface area contributed by atoms with Gasteiger partial charge in [0.1, 0.15) is 5.58 Å². The van der Waals surface area contributed by atoms with E-state index in [2.05, 4.69) is 9.97 Å². The maximum Gasteiger partial charge on any atom is 0.227 e. The van der Waals surface area contributed by atoms with Crippen LogP contribution in [0, 0.1) is 5.41 Å². The molecular weight excluding hydrogens is 332 g/mol. The first-order chi connectivity index (χ1) is 13.9. The molecule has 4 aromatic rings. The van der Waals surface area contributed by atoms with Crippen molar-refractivity contribution >= 4 is 22.1 Å². The molecule has 27 heavy (non-hydrogen) atoms. The van der Waals surface area contributed by atoms with Crippen LogP contribution in [0.2, 0.25) is 0 Å². The van der Waals surface area contributed by atoms with Crippen molar-refractivity contribution in [1.29, 1.82) is 0 Å². The number of fused-ring (bicyclic) bond motifs is 3. The van der Waals surface area contributed by atoms with E-state index in [0.29, 0.717) is 28.2 Å². The van der Waals surface area contributed by atoms with E-state index in [0.717, 1.165) is 16.3 Å². The van der Waals surface area contributed by atoms with Crippen LogP contribution in [-0.2, 0) is 6.37 Å². The van der Waals surface area contributed by atoms with Gasteiger partial charge in [-0.15, -0.1) is 0 Å². The lowest BCUT2D eigenvalue weighted by atomic mass is 9.88. The van der Waals surface area contributed by atoms with Crippen molar-refractivity contribution in [3.63, 3.8) is 0 Å². The van der Waals surface area contributed by atoms with E-state index in [1.165, 1.54) is 0 Å². The van der Waals surface area contributed by atoms with Gasteiger partial charge in [0.2, 0.25) is 5.71 Å². The highest BCUT2D eigenvalue weighted by Gasteiger charge is 2.16. The first-order valence-corrected chi connectivity index (χ1v) is 9.19. The molecule has 0 radical (unpaired) electrons. The highest BCUT2D eigenvalue weighted by molar-refractivity contribution is 6.08. The predicted octanol–water partition coefficient (Wildman–Crippen LogP) is 6.76. The summed E-state index contributed by atoms with van der Waals surface area (Å²) in [5.41, 5.74) is 3.30. The molecule has 4 rings (SSSR count). The average molecular weight is 362 g/mol. The van der Waals surface area contributed by atoms with Gasteiger partial charge < -0.3 is 4.42 Å². The zero-order chi connectivity index (χ0) is 21.9. The number of benzene rings is 1. The number of rotatable bonds is 3. The molecule has 0 aliphatic carbocycles.